The molecule has 0 amide bonds. The highest BCUT2D eigenvalue weighted by atomic mass is 35.5. The lowest BCUT2D eigenvalue weighted by molar-refractivity contribution is 0.626. The van der Waals surface area contributed by atoms with Gasteiger partial charge in [-0.25, -0.2) is 8.78 Å². The van der Waals surface area contributed by atoms with Gasteiger partial charge in [0.25, 0.3) is 0 Å². The van der Waals surface area contributed by atoms with E-state index in [9.17, 15) is 8.78 Å². The van der Waals surface area contributed by atoms with Gasteiger partial charge in [-0.2, -0.15) is 0 Å². The van der Waals surface area contributed by atoms with Crippen molar-refractivity contribution in [1.82, 2.24) is 0 Å². The Bertz CT molecular complexity index is 602. The highest BCUT2D eigenvalue weighted by Gasteiger charge is 2.11. The Morgan fingerprint density at radius 3 is 2.37 bits per heavy atom. The molecule has 2 aromatic rings. The van der Waals surface area contributed by atoms with Gasteiger partial charge in [-0.3, -0.25) is 0 Å². The maximum atomic E-state index is 13.3. The molecule has 1 nitrogen and oxygen atoms in total. The molecule has 2 rings (SSSR count). The van der Waals surface area contributed by atoms with Crippen LogP contribution in [0, 0.1) is 11.6 Å². The molecule has 0 heterocycles. The molecular weight excluding hydrogens is 291 g/mol. The molecule has 0 saturated heterocycles. The predicted octanol–water partition coefficient (Wildman–Crippen LogP) is 5.44. The fourth-order valence-corrected chi connectivity index (χ4v) is 2.21. The minimum atomic E-state index is -0.496. The van der Waals surface area contributed by atoms with Crippen molar-refractivity contribution in [2.45, 2.75) is 13.0 Å². The van der Waals surface area contributed by atoms with Crippen LogP contribution in [0.5, 0.6) is 0 Å². The number of benzene rings is 2. The normalized spacial score (nSPS) is 12.3. The van der Waals surface area contributed by atoms with Crippen molar-refractivity contribution in [1.29, 1.82) is 0 Å². The van der Waals surface area contributed by atoms with E-state index in [-0.39, 0.29) is 11.1 Å². The van der Waals surface area contributed by atoms with Gasteiger partial charge in [0, 0.05) is 16.8 Å². The van der Waals surface area contributed by atoms with Gasteiger partial charge in [-0.15, -0.1) is 0 Å². The van der Waals surface area contributed by atoms with Crippen LogP contribution in [-0.2, 0) is 0 Å². The second kappa shape index (κ2) is 5.76. The van der Waals surface area contributed by atoms with Crippen molar-refractivity contribution in [2.75, 3.05) is 5.32 Å². The minimum absolute atomic E-state index is 0.0676. The smallest absolute Gasteiger partial charge is 0.143 e. The van der Waals surface area contributed by atoms with Crippen LogP contribution in [0.1, 0.15) is 18.5 Å². The average Bonchev–Trinajstić information content (AvgIpc) is 2.33. The van der Waals surface area contributed by atoms with Gasteiger partial charge < -0.3 is 5.32 Å². The fourth-order valence-electron chi connectivity index (χ4n) is 1.77. The summed E-state index contributed by atoms with van der Waals surface area (Å²) in [6, 6.07) is 8.43. The van der Waals surface area contributed by atoms with Crippen LogP contribution in [0.4, 0.5) is 14.5 Å². The molecule has 0 radical (unpaired) electrons. The highest BCUT2D eigenvalue weighted by Crippen LogP contribution is 2.27. The molecule has 2 aromatic carbocycles. The maximum Gasteiger partial charge on any atom is 0.143 e. The summed E-state index contributed by atoms with van der Waals surface area (Å²) in [5, 5.41) is 3.48. The third-order valence-electron chi connectivity index (χ3n) is 2.73. The summed E-state index contributed by atoms with van der Waals surface area (Å²) in [6.07, 6.45) is 0. The quantitative estimate of drug-likeness (QED) is 0.795. The van der Waals surface area contributed by atoms with Crippen molar-refractivity contribution in [2.24, 2.45) is 0 Å². The Labute approximate surface area is 120 Å². The molecule has 0 aromatic heterocycles. The van der Waals surface area contributed by atoms with Crippen LogP contribution in [0.25, 0.3) is 0 Å². The van der Waals surface area contributed by atoms with Crippen LogP contribution < -0.4 is 5.32 Å². The zero-order valence-electron chi connectivity index (χ0n) is 10.1. The molecule has 19 heavy (non-hydrogen) atoms. The van der Waals surface area contributed by atoms with Gasteiger partial charge in [-0.05, 0) is 42.8 Å². The molecular formula is C14H11Cl2F2N. The van der Waals surface area contributed by atoms with Crippen LogP contribution in [0.3, 0.4) is 0 Å². The number of halogens is 4. The highest BCUT2D eigenvalue weighted by molar-refractivity contribution is 6.31. The lowest BCUT2D eigenvalue weighted by atomic mass is 10.1. The minimum Gasteiger partial charge on any atom is -0.378 e. The van der Waals surface area contributed by atoms with Crippen molar-refractivity contribution in [3.63, 3.8) is 0 Å². The molecule has 0 bridgehead atoms. The van der Waals surface area contributed by atoms with Crippen LogP contribution >= 0.6 is 23.2 Å². The van der Waals surface area contributed by atoms with Gasteiger partial charge in [0.1, 0.15) is 11.6 Å². The van der Waals surface area contributed by atoms with Crippen LogP contribution in [0.2, 0.25) is 10.0 Å². The summed E-state index contributed by atoms with van der Waals surface area (Å²) in [5.41, 5.74) is 1.31. The fraction of sp³-hybridized carbons (Fsp3) is 0.143. The summed E-state index contributed by atoms with van der Waals surface area (Å²) in [4.78, 5) is 0. The molecule has 0 saturated carbocycles. The first kappa shape index (κ1) is 14.1. The standard InChI is InChI=1S/C14H11Cl2F2N/c1-8(11-4-2-9(17)6-13(11)16)19-10-3-5-12(15)14(18)7-10/h2-8,19H,1H3. The van der Waals surface area contributed by atoms with Crippen molar-refractivity contribution >= 4 is 28.9 Å². The maximum absolute atomic E-state index is 13.3. The third kappa shape index (κ3) is 3.37. The molecule has 5 heteroatoms. The lowest BCUT2D eigenvalue weighted by Gasteiger charge is -2.17. The molecule has 1 atom stereocenters. The number of nitrogens with one attached hydrogen (secondary N) is 1. The van der Waals surface area contributed by atoms with Crippen LogP contribution in [-0.4, -0.2) is 0 Å². The summed E-state index contributed by atoms with van der Waals surface area (Å²) >= 11 is 11.6. The molecule has 0 aliphatic rings. The summed E-state index contributed by atoms with van der Waals surface area (Å²) in [7, 11) is 0. The monoisotopic (exact) mass is 301 g/mol. The van der Waals surface area contributed by atoms with E-state index in [0.717, 1.165) is 5.56 Å². The summed E-state index contributed by atoms with van der Waals surface area (Å²) in [5.74, 6) is -0.887. The number of hydrogen-bond acceptors (Lipinski definition) is 1. The van der Waals surface area contributed by atoms with E-state index in [1.54, 1.807) is 12.1 Å². The first-order valence-corrected chi connectivity index (χ1v) is 6.39. The zero-order chi connectivity index (χ0) is 14.0. The molecule has 0 spiro atoms. The third-order valence-corrected chi connectivity index (χ3v) is 3.37. The van der Waals surface area contributed by atoms with Gasteiger partial charge in [-0.1, -0.05) is 29.3 Å². The van der Waals surface area contributed by atoms with E-state index in [1.807, 2.05) is 6.92 Å². The van der Waals surface area contributed by atoms with Gasteiger partial charge in [0.05, 0.1) is 5.02 Å². The Morgan fingerprint density at radius 2 is 1.74 bits per heavy atom. The number of anilines is 1. The summed E-state index contributed by atoms with van der Waals surface area (Å²) < 4.78 is 26.3. The summed E-state index contributed by atoms with van der Waals surface area (Å²) in [6.45, 7) is 1.85. The Hall–Kier alpha value is -1.32. The van der Waals surface area contributed by atoms with E-state index in [0.29, 0.717) is 10.7 Å². The zero-order valence-corrected chi connectivity index (χ0v) is 11.6. The second-order valence-corrected chi connectivity index (χ2v) is 4.98. The Morgan fingerprint density at radius 1 is 1.00 bits per heavy atom. The van der Waals surface area contributed by atoms with Gasteiger partial charge in [0.2, 0.25) is 0 Å². The SMILES string of the molecule is CC(Nc1ccc(Cl)c(F)c1)c1ccc(F)cc1Cl. The van der Waals surface area contributed by atoms with Crippen molar-refractivity contribution < 1.29 is 8.78 Å². The van der Waals surface area contributed by atoms with E-state index in [2.05, 4.69) is 5.32 Å². The molecule has 0 aliphatic heterocycles. The van der Waals surface area contributed by atoms with Crippen molar-refractivity contribution in [3.8, 4) is 0 Å². The molecule has 0 fully saturated rings. The largest absolute Gasteiger partial charge is 0.378 e. The van der Waals surface area contributed by atoms with E-state index < -0.39 is 11.6 Å². The van der Waals surface area contributed by atoms with Crippen LogP contribution in [0.15, 0.2) is 36.4 Å². The predicted molar refractivity (Wildman–Crippen MR) is 74.9 cm³/mol. The first-order chi connectivity index (χ1) is 8.97. The number of rotatable bonds is 3. The molecule has 1 unspecified atom stereocenters. The molecule has 1 N–H and O–H groups in total. The number of hydrogen-bond donors (Lipinski definition) is 1. The van der Waals surface area contributed by atoms with Gasteiger partial charge >= 0.3 is 0 Å². The topological polar surface area (TPSA) is 12.0 Å². The Kier molecular flexibility index (Phi) is 4.27. The average molecular weight is 302 g/mol. The Balaban J connectivity index is 2.20. The second-order valence-electron chi connectivity index (χ2n) is 4.16. The van der Waals surface area contributed by atoms with Gasteiger partial charge in [0.15, 0.2) is 0 Å². The van der Waals surface area contributed by atoms with E-state index in [1.165, 1.54) is 24.3 Å². The van der Waals surface area contributed by atoms with E-state index in [4.69, 9.17) is 23.2 Å². The van der Waals surface area contributed by atoms with Crippen molar-refractivity contribution in [3.05, 3.63) is 63.6 Å². The molecule has 0 aliphatic carbocycles. The molecule has 100 valence electrons. The lowest BCUT2D eigenvalue weighted by Crippen LogP contribution is -2.07. The first-order valence-electron chi connectivity index (χ1n) is 5.64. The van der Waals surface area contributed by atoms with E-state index >= 15 is 0 Å².